The van der Waals surface area contributed by atoms with Gasteiger partial charge < -0.3 is 15.2 Å². The molecule has 2 N–H and O–H groups in total. The van der Waals surface area contributed by atoms with E-state index in [1.165, 1.54) is 0 Å². The van der Waals surface area contributed by atoms with Gasteiger partial charge in [0.2, 0.25) is 11.8 Å². The fraction of sp³-hybridized carbons (Fsp3) is 0.500. The zero-order chi connectivity index (χ0) is 23.0. The zero-order valence-electron chi connectivity index (χ0n) is 19.4. The summed E-state index contributed by atoms with van der Waals surface area (Å²) in [5.41, 5.74) is 8.32. The third-order valence-electron chi connectivity index (χ3n) is 5.89. The van der Waals surface area contributed by atoms with Gasteiger partial charge in [-0.05, 0) is 65.5 Å². The summed E-state index contributed by atoms with van der Waals surface area (Å²) in [6, 6.07) is 5.47. The average molecular weight is 438 g/mol. The van der Waals surface area contributed by atoms with E-state index in [4.69, 9.17) is 15.2 Å². The van der Waals surface area contributed by atoms with Gasteiger partial charge in [0.1, 0.15) is 5.65 Å². The molecule has 0 atom stereocenters. The molecule has 0 spiro atoms. The smallest absolute Gasteiger partial charge is 0.260 e. The molecule has 8 heteroatoms. The van der Waals surface area contributed by atoms with Crippen molar-refractivity contribution < 1.29 is 9.47 Å². The normalized spacial score (nSPS) is 19.3. The first-order chi connectivity index (χ1) is 15.2. The van der Waals surface area contributed by atoms with Crippen LogP contribution in [-0.2, 0) is 4.74 Å². The molecule has 0 aromatic carbocycles. The number of anilines is 1. The Morgan fingerprint density at radius 3 is 2.44 bits per heavy atom. The molecule has 170 valence electrons. The van der Waals surface area contributed by atoms with Gasteiger partial charge in [0.25, 0.3) is 5.56 Å². The molecular formula is C24H31N5O3. The number of aromatic nitrogens is 4. The van der Waals surface area contributed by atoms with E-state index in [0.717, 1.165) is 42.3 Å². The van der Waals surface area contributed by atoms with Gasteiger partial charge in [0.15, 0.2) is 0 Å². The molecule has 1 aliphatic carbocycles. The van der Waals surface area contributed by atoms with Gasteiger partial charge in [-0.25, -0.2) is 9.97 Å². The van der Waals surface area contributed by atoms with Crippen LogP contribution in [0.4, 0.5) is 5.95 Å². The highest BCUT2D eigenvalue weighted by Gasteiger charge is 2.29. The molecule has 3 heterocycles. The first-order valence-electron chi connectivity index (χ1n) is 11.0. The highest BCUT2D eigenvalue weighted by molar-refractivity contribution is 5.84. The number of hydrogen-bond donors (Lipinski definition) is 1. The summed E-state index contributed by atoms with van der Waals surface area (Å²) < 4.78 is 13.2. The number of fused-ring (bicyclic) bond motifs is 1. The van der Waals surface area contributed by atoms with Crippen LogP contribution in [0.2, 0.25) is 0 Å². The van der Waals surface area contributed by atoms with Crippen molar-refractivity contribution in [3.05, 3.63) is 40.4 Å². The number of methoxy groups -OCH3 is 1. The first kappa shape index (κ1) is 22.2. The molecule has 0 saturated heterocycles. The number of aryl methyl sites for hydroxylation is 1. The van der Waals surface area contributed by atoms with Crippen LogP contribution in [-0.4, -0.2) is 38.3 Å². The Balaban J connectivity index is 1.80. The minimum absolute atomic E-state index is 0.0182. The Labute approximate surface area is 187 Å². The number of ether oxygens (including phenoxy) is 2. The van der Waals surface area contributed by atoms with Crippen molar-refractivity contribution in [2.24, 2.45) is 0 Å². The maximum absolute atomic E-state index is 13.7. The summed E-state index contributed by atoms with van der Waals surface area (Å²) in [7, 11) is 1.57. The molecule has 0 amide bonds. The van der Waals surface area contributed by atoms with Crippen molar-refractivity contribution in [3.8, 4) is 17.0 Å². The van der Waals surface area contributed by atoms with Gasteiger partial charge >= 0.3 is 0 Å². The number of nitrogens with zero attached hydrogens (tertiary/aromatic N) is 4. The van der Waals surface area contributed by atoms with Crippen LogP contribution in [0.1, 0.15) is 58.2 Å². The van der Waals surface area contributed by atoms with Gasteiger partial charge in [-0.1, -0.05) is 0 Å². The SMILES string of the molecule is COc1ccc(-c2cc3c(C)nc(N)nc3n([C@H]3CC[C@H](OC(C)(C)C)CC3)c2=O)cn1. The van der Waals surface area contributed by atoms with Crippen LogP contribution in [0, 0.1) is 6.92 Å². The van der Waals surface area contributed by atoms with E-state index in [2.05, 4.69) is 35.7 Å². The van der Waals surface area contributed by atoms with E-state index in [1.807, 2.05) is 23.6 Å². The summed E-state index contributed by atoms with van der Waals surface area (Å²) >= 11 is 0. The van der Waals surface area contributed by atoms with Crippen LogP contribution >= 0.6 is 0 Å². The largest absolute Gasteiger partial charge is 0.481 e. The molecule has 0 bridgehead atoms. The van der Waals surface area contributed by atoms with E-state index >= 15 is 0 Å². The summed E-state index contributed by atoms with van der Waals surface area (Å²) in [6.07, 6.45) is 5.32. The maximum atomic E-state index is 13.7. The quantitative estimate of drug-likeness (QED) is 0.656. The molecule has 3 aromatic rings. The lowest BCUT2D eigenvalue weighted by Gasteiger charge is -2.34. The minimum atomic E-state index is -0.179. The molecule has 4 rings (SSSR count). The third kappa shape index (κ3) is 4.46. The second-order valence-electron chi connectivity index (χ2n) is 9.39. The second kappa shape index (κ2) is 8.50. The topological polar surface area (TPSA) is 105 Å². The molecule has 0 radical (unpaired) electrons. The summed E-state index contributed by atoms with van der Waals surface area (Å²) in [5, 5.41) is 0.817. The molecule has 1 fully saturated rings. The molecule has 1 aliphatic rings. The first-order valence-corrected chi connectivity index (χ1v) is 11.0. The Hall–Kier alpha value is -3.00. The van der Waals surface area contributed by atoms with E-state index < -0.39 is 0 Å². The van der Waals surface area contributed by atoms with Crippen molar-refractivity contribution in [2.45, 2.75) is 71.1 Å². The zero-order valence-corrected chi connectivity index (χ0v) is 19.4. The number of hydrogen-bond acceptors (Lipinski definition) is 7. The van der Waals surface area contributed by atoms with E-state index in [9.17, 15) is 4.79 Å². The fourth-order valence-electron chi connectivity index (χ4n) is 4.50. The molecule has 1 saturated carbocycles. The van der Waals surface area contributed by atoms with Crippen molar-refractivity contribution in [3.63, 3.8) is 0 Å². The molecule has 0 unspecified atom stereocenters. The Morgan fingerprint density at radius 1 is 1.12 bits per heavy atom. The van der Waals surface area contributed by atoms with Gasteiger partial charge in [-0.3, -0.25) is 9.36 Å². The molecular weight excluding hydrogens is 406 g/mol. The lowest BCUT2D eigenvalue weighted by atomic mass is 9.91. The van der Waals surface area contributed by atoms with Crippen molar-refractivity contribution >= 4 is 17.0 Å². The molecule has 0 aliphatic heterocycles. The van der Waals surface area contributed by atoms with Crippen LogP contribution in [0.3, 0.4) is 0 Å². The Kier molecular flexibility index (Phi) is 5.90. The van der Waals surface area contributed by atoms with E-state index in [1.54, 1.807) is 19.4 Å². The fourth-order valence-corrected chi connectivity index (χ4v) is 4.50. The summed E-state index contributed by atoms with van der Waals surface area (Å²) in [5.74, 6) is 0.672. The van der Waals surface area contributed by atoms with Gasteiger partial charge in [-0.2, -0.15) is 4.98 Å². The Morgan fingerprint density at radius 2 is 1.84 bits per heavy atom. The molecule has 32 heavy (non-hydrogen) atoms. The predicted molar refractivity (Wildman–Crippen MR) is 125 cm³/mol. The number of nitrogen functional groups attached to an aromatic ring is 1. The lowest BCUT2D eigenvalue weighted by Crippen LogP contribution is -2.34. The second-order valence-corrected chi connectivity index (χ2v) is 9.39. The standard InChI is InChI=1S/C24H31N5O3/c1-14-18-12-19(15-6-11-20(31-5)26-13-15)22(30)29(21(18)28-23(25)27-14)16-7-9-17(10-8-16)32-24(2,3)4/h6,11-13,16-17H,7-10H2,1-5H3,(H2,25,27,28)/t16-,17-. The van der Waals surface area contributed by atoms with Crippen molar-refractivity contribution in [1.82, 2.24) is 19.5 Å². The van der Waals surface area contributed by atoms with Crippen LogP contribution < -0.4 is 16.0 Å². The summed E-state index contributed by atoms with van der Waals surface area (Å²) in [6.45, 7) is 8.11. The van der Waals surface area contributed by atoms with Crippen LogP contribution in [0.15, 0.2) is 29.2 Å². The van der Waals surface area contributed by atoms with Crippen LogP contribution in [0.25, 0.3) is 22.2 Å². The maximum Gasteiger partial charge on any atom is 0.260 e. The third-order valence-corrected chi connectivity index (χ3v) is 5.89. The van der Waals surface area contributed by atoms with E-state index in [0.29, 0.717) is 17.1 Å². The predicted octanol–water partition coefficient (Wildman–Crippen LogP) is 4.05. The number of nitrogens with two attached hydrogens (primary N) is 1. The van der Waals surface area contributed by atoms with E-state index in [-0.39, 0.29) is 29.3 Å². The van der Waals surface area contributed by atoms with Gasteiger partial charge in [0.05, 0.1) is 24.5 Å². The monoisotopic (exact) mass is 437 g/mol. The van der Waals surface area contributed by atoms with Gasteiger partial charge in [0, 0.05) is 34.8 Å². The molecule has 8 nitrogen and oxygen atoms in total. The Bertz CT molecular complexity index is 1170. The lowest BCUT2D eigenvalue weighted by molar-refractivity contribution is -0.0774. The highest BCUT2D eigenvalue weighted by Crippen LogP contribution is 2.34. The van der Waals surface area contributed by atoms with Crippen LogP contribution in [0.5, 0.6) is 5.88 Å². The van der Waals surface area contributed by atoms with Gasteiger partial charge in [-0.15, -0.1) is 0 Å². The summed E-state index contributed by atoms with van der Waals surface area (Å²) in [4.78, 5) is 26.8. The van der Waals surface area contributed by atoms with Crippen molar-refractivity contribution in [1.29, 1.82) is 0 Å². The highest BCUT2D eigenvalue weighted by atomic mass is 16.5. The molecule has 3 aromatic heterocycles. The average Bonchev–Trinajstić information content (AvgIpc) is 2.73. The number of rotatable bonds is 4. The minimum Gasteiger partial charge on any atom is -0.481 e. The van der Waals surface area contributed by atoms with Crippen molar-refractivity contribution in [2.75, 3.05) is 12.8 Å². The number of pyridine rings is 2.